The molecule has 0 aliphatic carbocycles. The molecule has 106 valence electrons. The Morgan fingerprint density at radius 1 is 1.55 bits per heavy atom. The third-order valence-corrected chi connectivity index (χ3v) is 4.15. The van der Waals surface area contributed by atoms with Crippen molar-refractivity contribution in [3.63, 3.8) is 0 Å². The molecule has 1 amide bonds. The van der Waals surface area contributed by atoms with E-state index in [1.807, 2.05) is 0 Å². The minimum Gasteiger partial charge on any atom is -0.480 e. The Hall–Kier alpha value is -2.22. The van der Waals surface area contributed by atoms with Gasteiger partial charge in [-0.05, 0) is 18.9 Å². The highest BCUT2D eigenvalue weighted by molar-refractivity contribution is 7.20. The molecule has 0 fully saturated rings. The van der Waals surface area contributed by atoms with Gasteiger partial charge in [-0.1, -0.05) is 6.92 Å². The maximum Gasteiger partial charge on any atom is 0.326 e. The maximum absolute atomic E-state index is 12.1. The molecule has 0 aliphatic heterocycles. The van der Waals surface area contributed by atoms with E-state index in [0.29, 0.717) is 20.7 Å². The number of aliphatic carboxylic acids is 1. The number of amides is 1. The second-order valence-electron chi connectivity index (χ2n) is 4.24. The van der Waals surface area contributed by atoms with Crippen molar-refractivity contribution in [1.82, 2.24) is 15.3 Å². The number of carboxylic acid groups (broad SMARTS) is 1. The van der Waals surface area contributed by atoms with Crippen molar-refractivity contribution in [3.8, 4) is 0 Å². The summed E-state index contributed by atoms with van der Waals surface area (Å²) < 4.78 is 0. The molecule has 2 rings (SSSR count). The average Bonchev–Trinajstić information content (AvgIpc) is 2.74. The average molecular weight is 295 g/mol. The molecule has 0 unspecified atom stereocenters. The maximum atomic E-state index is 12.1. The van der Waals surface area contributed by atoms with Gasteiger partial charge < -0.3 is 15.4 Å². The van der Waals surface area contributed by atoms with Crippen molar-refractivity contribution in [1.29, 1.82) is 0 Å². The number of aromatic amines is 1. The number of carboxylic acids is 1. The van der Waals surface area contributed by atoms with Gasteiger partial charge in [-0.15, -0.1) is 11.3 Å². The van der Waals surface area contributed by atoms with Crippen molar-refractivity contribution in [2.75, 3.05) is 0 Å². The lowest BCUT2D eigenvalue weighted by Gasteiger charge is -2.11. The van der Waals surface area contributed by atoms with Crippen molar-refractivity contribution >= 4 is 33.4 Å². The zero-order valence-electron chi connectivity index (χ0n) is 10.9. The van der Waals surface area contributed by atoms with Crippen LogP contribution in [0.4, 0.5) is 0 Å². The number of thiophene rings is 1. The van der Waals surface area contributed by atoms with E-state index in [9.17, 15) is 14.4 Å². The number of aromatic nitrogens is 2. The quantitative estimate of drug-likeness (QED) is 0.775. The van der Waals surface area contributed by atoms with E-state index in [1.54, 1.807) is 13.8 Å². The molecule has 0 spiro atoms. The first-order chi connectivity index (χ1) is 9.45. The van der Waals surface area contributed by atoms with Crippen LogP contribution < -0.4 is 10.9 Å². The van der Waals surface area contributed by atoms with Gasteiger partial charge in [0.15, 0.2) is 0 Å². The molecule has 2 aromatic rings. The summed E-state index contributed by atoms with van der Waals surface area (Å²) in [5, 5.41) is 11.7. The zero-order chi connectivity index (χ0) is 14.9. The highest BCUT2D eigenvalue weighted by Gasteiger charge is 2.23. The fourth-order valence-corrected chi connectivity index (χ4v) is 2.91. The summed E-state index contributed by atoms with van der Waals surface area (Å²) >= 11 is 1.07. The number of hydrogen-bond donors (Lipinski definition) is 3. The van der Waals surface area contributed by atoms with Gasteiger partial charge in [0, 0.05) is 0 Å². The highest BCUT2D eigenvalue weighted by atomic mass is 32.1. The third kappa shape index (κ3) is 2.42. The van der Waals surface area contributed by atoms with Gasteiger partial charge in [-0.2, -0.15) is 0 Å². The number of hydrogen-bond acceptors (Lipinski definition) is 5. The van der Waals surface area contributed by atoms with Crippen molar-refractivity contribution in [2.45, 2.75) is 26.3 Å². The van der Waals surface area contributed by atoms with Gasteiger partial charge in [-0.3, -0.25) is 9.59 Å². The number of nitrogens with one attached hydrogen (secondary N) is 2. The molecule has 1 atom stereocenters. The SMILES string of the molecule is CC[C@@H](NC(=O)c1sc2nc[nH]c(=O)c2c1C)C(=O)O. The van der Waals surface area contributed by atoms with Crippen LogP contribution >= 0.6 is 11.3 Å². The lowest BCUT2D eigenvalue weighted by Crippen LogP contribution is -2.40. The van der Waals surface area contributed by atoms with Gasteiger partial charge in [0.2, 0.25) is 0 Å². The monoisotopic (exact) mass is 295 g/mol. The molecular formula is C12H13N3O4S. The summed E-state index contributed by atoms with van der Waals surface area (Å²) in [5.41, 5.74) is 0.199. The number of H-pyrrole nitrogens is 1. The van der Waals surface area contributed by atoms with Crippen LogP contribution in [0.5, 0.6) is 0 Å². The fraction of sp³-hybridized carbons (Fsp3) is 0.333. The first-order valence-electron chi connectivity index (χ1n) is 5.96. The fourth-order valence-electron chi connectivity index (χ4n) is 1.86. The molecule has 3 N–H and O–H groups in total. The summed E-state index contributed by atoms with van der Waals surface area (Å²) in [6.07, 6.45) is 1.55. The minimum absolute atomic E-state index is 0.282. The van der Waals surface area contributed by atoms with Gasteiger partial charge in [0.1, 0.15) is 10.9 Å². The Labute approximate surface area is 117 Å². The lowest BCUT2D eigenvalue weighted by atomic mass is 10.2. The van der Waals surface area contributed by atoms with Crippen molar-refractivity contribution in [2.24, 2.45) is 0 Å². The second-order valence-corrected chi connectivity index (χ2v) is 5.24. The third-order valence-electron chi connectivity index (χ3n) is 2.95. The van der Waals surface area contributed by atoms with Crippen LogP contribution in [0.2, 0.25) is 0 Å². The van der Waals surface area contributed by atoms with Crippen molar-refractivity contribution < 1.29 is 14.7 Å². The van der Waals surface area contributed by atoms with Crippen LogP contribution in [0.25, 0.3) is 10.2 Å². The van der Waals surface area contributed by atoms with E-state index in [2.05, 4.69) is 15.3 Å². The molecule has 0 aliphatic rings. The molecule has 2 heterocycles. The Morgan fingerprint density at radius 2 is 2.25 bits per heavy atom. The molecule has 7 nitrogen and oxygen atoms in total. The first kappa shape index (κ1) is 14.2. The molecule has 20 heavy (non-hydrogen) atoms. The minimum atomic E-state index is -1.09. The van der Waals surface area contributed by atoms with E-state index in [-0.39, 0.29) is 12.0 Å². The van der Waals surface area contributed by atoms with Crippen LogP contribution in [-0.4, -0.2) is 33.0 Å². The molecule has 0 saturated heterocycles. The van der Waals surface area contributed by atoms with Crippen LogP contribution in [0.3, 0.4) is 0 Å². The van der Waals surface area contributed by atoms with Crippen LogP contribution in [0.15, 0.2) is 11.1 Å². The Balaban J connectivity index is 2.41. The first-order valence-corrected chi connectivity index (χ1v) is 6.77. The number of nitrogens with zero attached hydrogens (tertiary/aromatic N) is 1. The molecular weight excluding hydrogens is 282 g/mol. The molecule has 0 saturated carbocycles. The van der Waals surface area contributed by atoms with E-state index in [1.165, 1.54) is 6.33 Å². The van der Waals surface area contributed by atoms with Crippen LogP contribution in [-0.2, 0) is 4.79 Å². The summed E-state index contributed by atoms with van der Waals surface area (Å²) in [6, 6.07) is -0.946. The number of aryl methyl sites for hydroxylation is 1. The molecule has 0 bridgehead atoms. The molecule has 8 heteroatoms. The van der Waals surface area contributed by atoms with Gasteiger partial charge >= 0.3 is 5.97 Å². The Morgan fingerprint density at radius 3 is 2.80 bits per heavy atom. The summed E-state index contributed by atoms with van der Waals surface area (Å²) in [4.78, 5) is 42.0. The van der Waals surface area contributed by atoms with Gasteiger partial charge in [0.25, 0.3) is 11.5 Å². The van der Waals surface area contributed by atoms with Crippen LogP contribution in [0, 0.1) is 6.92 Å². The Kier molecular flexibility index (Phi) is 3.84. The normalized spacial score (nSPS) is 12.3. The predicted molar refractivity (Wildman–Crippen MR) is 74.2 cm³/mol. The lowest BCUT2D eigenvalue weighted by molar-refractivity contribution is -0.139. The largest absolute Gasteiger partial charge is 0.480 e. The standard InChI is InChI=1S/C12H13N3O4S/c1-3-6(12(18)19)15-10(17)8-5(2)7-9(16)13-4-14-11(7)20-8/h4,6H,3H2,1-2H3,(H,15,17)(H,18,19)(H,13,14,16)/t6-/m1/s1. The van der Waals surface area contributed by atoms with E-state index in [0.717, 1.165) is 11.3 Å². The van der Waals surface area contributed by atoms with E-state index in [4.69, 9.17) is 5.11 Å². The molecule has 0 radical (unpaired) electrons. The van der Waals surface area contributed by atoms with Gasteiger partial charge in [0.05, 0.1) is 16.6 Å². The topological polar surface area (TPSA) is 112 Å². The number of carbonyl (C=O) groups is 2. The summed E-state index contributed by atoms with van der Waals surface area (Å²) in [5.74, 6) is -1.59. The van der Waals surface area contributed by atoms with Crippen molar-refractivity contribution in [3.05, 3.63) is 27.1 Å². The summed E-state index contributed by atoms with van der Waals surface area (Å²) in [6.45, 7) is 3.31. The number of fused-ring (bicyclic) bond motifs is 1. The van der Waals surface area contributed by atoms with E-state index >= 15 is 0 Å². The Bertz CT molecular complexity index is 734. The van der Waals surface area contributed by atoms with Gasteiger partial charge in [-0.25, -0.2) is 9.78 Å². The smallest absolute Gasteiger partial charge is 0.326 e. The molecule has 2 aromatic heterocycles. The van der Waals surface area contributed by atoms with Crippen LogP contribution in [0.1, 0.15) is 28.6 Å². The molecule has 0 aromatic carbocycles. The number of carbonyl (C=O) groups excluding carboxylic acids is 1. The summed E-state index contributed by atoms with van der Waals surface area (Å²) in [7, 11) is 0. The highest BCUT2D eigenvalue weighted by Crippen LogP contribution is 2.26. The number of rotatable bonds is 4. The van der Waals surface area contributed by atoms with E-state index < -0.39 is 17.9 Å². The second kappa shape index (κ2) is 5.41. The zero-order valence-corrected chi connectivity index (χ0v) is 11.7. The predicted octanol–water partition coefficient (Wildman–Crippen LogP) is 0.886.